The van der Waals surface area contributed by atoms with Crippen LogP contribution in [0.5, 0.6) is 5.75 Å². The molecule has 0 aliphatic carbocycles. The van der Waals surface area contributed by atoms with E-state index in [4.69, 9.17) is 4.74 Å². The smallest absolute Gasteiger partial charge is 0.269 e. The molecule has 0 bridgehead atoms. The Labute approximate surface area is 126 Å². The maximum Gasteiger partial charge on any atom is 0.269 e. The highest BCUT2D eigenvalue weighted by Crippen LogP contribution is 2.19. The monoisotopic (exact) mass is 324 g/mol. The fourth-order valence-corrected chi connectivity index (χ4v) is 2.54. The van der Waals surface area contributed by atoms with Crippen LogP contribution in [0.25, 0.3) is 0 Å². The molecule has 6 nitrogen and oxygen atoms in total. The molecule has 1 amide bonds. The first-order chi connectivity index (χ1) is 10.5. The molecule has 2 aromatic carbocycles. The van der Waals surface area contributed by atoms with Gasteiger partial charge in [-0.1, -0.05) is 24.3 Å². The minimum absolute atomic E-state index is 0.0265. The molecule has 2 N–H and O–H groups in total. The van der Waals surface area contributed by atoms with Gasteiger partial charge in [0.2, 0.25) is 0 Å². The van der Waals surface area contributed by atoms with Crippen molar-refractivity contribution in [2.45, 2.75) is 4.90 Å². The van der Waals surface area contributed by atoms with E-state index in [0.29, 0.717) is 0 Å². The molecule has 22 heavy (non-hydrogen) atoms. The molecule has 0 aliphatic rings. The number of hydrogen-bond donors (Lipinski definition) is 2. The molecule has 0 atom stereocenters. The second-order valence-electron chi connectivity index (χ2n) is 4.19. The molecule has 0 saturated carbocycles. The van der Waals surface area contributed by atoms with E-state index < -0.39 is 21.7 Å². The van der Waals surface area contributed by atoms with Crippen LogP contribution in [-0.2, 0) is 10.0 Å². The lowest BCUT2D eigenvalue weighted by molar-refractivity contribution is 0.0940. The summed E-state index contributed by atoms with van der Waals surface area (Å²) in [5, 5.41) is 0. The highest BCUT2D eigenvalue weighted by atomic mass is 32.2. The van der Waals surface area contributed by atoms with Crippen LogP contribution in [0.3, 0.4) is 0 Å². The molecule has 116 valence electrons. The first-order valence-corrected chi connectivity index (χ1v) is 7.63. The molecule has 0 radical (unpaired) electrons. The summed E-state index contributed by atoms with van der Waals surface area (Å²) in [6.45, 7) is 0. The van der Waals surface area contributed by atoms with Crippen molar-refractivity contribution in [1.29, 1.82) is 0 Å². The van der Waals surface area contributed by atoms with Gasteiger partial charge in [0.15, 0.2) is 11.6 Å². The first-order valence-electron chi connectivity index (χ1n) is 6.15. The molecule has 0 heterocycles. The number of carbonyl (C=O) groups is 1. The van der Waals surface area contributed by atoms with Crippen molar-refractivity contribution in [3.8, 4) is 5.75 Å². The standard InChI is InChI=1S/C14H13FN2O4S/c1-21-12-9-5-8-11(13(12)15)14(18)16-17-22(19,20)10-6-3-2-4-7-10/h2-9,17H,1H3,(H,16,18). The van der Waals surface area contributed by atoms with E-state index in [2.05, 4.69) is 0 Å². The molecule has 0 aromatic heterocycles. The van der Waals surface area contributed by atoms with Gasteiger partial charge in [0.25, 0.3) is 15.9 Å². The fourth-order valence-electron chi connectivity index (χ4n) is 1.68. The summed E-state index contributed by atoms with van der Waals surface area (Å²) in [7, 11) is -2.67. The van der Waals surface area contributed by atoms with Gasteiger partial charge in [0.05, 0.1) is 17.6 Å². The summed E-state index contributed by atoms with van der Waals surface area (Å²) in [4.78, 5) is 13.8. The van der Waals surface area contributed by atoms with Crippen LogP contribution in [0, 0.1) is 5.82 Å². The van der Waals surface area contributed by atoms with E-state index in [1.807, 2.05) is 10.3 Å². The predicted octanol–water partition coefficient (Wildman–Crippen LogP) is 1.46. The predicted molar refractivity (Wildman–Crippen MR) is 77.2 cm³/mol. The van der Waals surface area contributed by atoms with E-state index in [-0.39, 0.29) is 16.2 Å². The number of methoxy groups -OCH3 is 1. The zero-order valence-electron chi connectivity index (χ0n) is 11.5. The molecular weight excluding hydrogens is 311 g/mol. The SMILES string of the molecule is COc1cccc(C(=O)NNS(=O)(=O)c2ccccc2)c1F. The van der Waals surface area contributed by atoms with E-state index in [0.717, 1.165) is 0 Å². The lowest BCUT2D eigenvalue weighted by Crippen LogP contribution is -2.41. The van der Waals surface area contributed by atoms with Crippen molar-refractivity contribution in [2.24, 2.45) is 0 Å². The second-order valence-corrected chi connectivity index (χ2v) is 5.88. The van der Waals surface area contributed by atoms with Crippen molar-refractivity contribution in [2.75, 3.05) is 7.11 Å². The average molecular weight is 324 g/mol. The Kier molecular flexibility index (Phi) is 4.74. The number of nitrogens with one attached hydrogen (secondary N) is 2. The Bertz CT molecular complexity index is 779. The van der Waals surface area contributed by atoms with E-state index in [9.17, 15) is 17.6 Å². The molecule has 0 aliphatic heterocycles. The quantitative estimate of drug-likeness (QED) is 0.816. The van der Waals surface area contributed by atoms with Gasteiger partial charge < -0.3 is 4.74 Å². The summed E-state index contributed by atoms with van der Waals surface area (Å²) in [5.41, 5.74) is 1.62. The highest BCUT2D eigenvalue weighted by Gasteiger charge is 2.18. The Morgan fingerprint density at radius 2 is 1.77 bits per heavy atom. The Morgan fingerprint density at radius 1 is 1.09 bits per heavy atom. The topological polar surface area (TPSA) is 84.5 Å². The van der Waals surface area contributed by atoms with E-state index >= 15 is 0 Å². The van der Waals surface area contributed by atoms with Crippen LogP contribution < -0.4 is 15.0 Å². The molecule has 8 heteroatoms. The van der Waals surface area contributed by atoms with E-state index in [1.54, 1.807) is 6.07 Å². The minimum Gasteiger partial charge on any atom is -0.494 e. The number of hydrogen-bond acceptors (Lipinski definition) is 4. The molecule has 0 fully saturated rings. The summed E-state index contributed by atoms with van der Waals surface area (Å²) in [6, 6.07) is 11.4. The number of benzene rings is 2. The third kappa shape index (κ3) is 3.41. The van der Waals surface area contributed by atoms with Crippen LogP contribution in [-0.4, -0.2) is 21.4 Å². The molecule has 0 spiro atoms. The minimum atomic E-state index is -3.93. The molecule has 2 aromatic rings. The lowest BCUT2D eigenvalue weighted by Gasteiger charge is -2.10. The number of rotatable bonds is 5. The number of ether oxygens (including phenoxy) is 1. The first kappa shape index (κ1) is 15.9. The number of carbonyl (C=O) groups excluding carboxylic acids is 1. The number of amides is 1. The fraction of sp³-hybridized carbons (Fsp3) is 0.0714. The van der Waals surface area contributed by atoms with Crippen LogP contribution >= 0.6 is 0 Å². The van der Waals surface area contributed by atoms with Gasteiger partial charge in [-0.15, -0.1) is 4.83 Å². The van der Waals surface area contributed by atoms with Crippen molar-refractivity contribution in [3.05, 3.63) is 59.9 Å². The van der Waals surface area contributed by atoms with Crippen LogP contribution in [0.15, 0.2) is 53.4 Å². The number of sulfonamides is 1. The Morgan fingerprint density at radius 3 is 2.41 bits per heavy atom. The zero-order chi connectivity index (χ0) is 16.2. The molecule has 2 rings (SSSR count). The third-order valence-electron chi connectivity index (χ3n) is 2.78. The van der Waals surface area contributed by atoms with Gasteiger partial charge in [-0.25, -0.2) is 12.8 Å². The van der Waals surface area contributed by atoms with Gasteiger partial charge in [-0.3, -0.25) is 10.2 Å². The van der Waals surface area contributed by atoms with Crippen molar-refractivity contribution >= 4 is 15.9 Å². The third-order valence-corrected chi connectivity index (χ3v) is 4.04. The largest absolute Gasteiger partial charge is 0.494 e. The number of halogens is 1. The normalized spacial score (nSPS) is 11.0. The maximum absolute atomic E-state index is 13.9. The number of hydrazine groups is 1. The average Bonchev–Trinajstić information content (AvgIpc) is 2.54. The van der Waals surface area contributed by atoms with E-state index in [1.165, 1.54) is 49.6 Å². The Hall–Kier alpha value is -2.45. The van der Waals surface area contributed by atoms with Crippen LogP contribution in [0.1, 0.15) is 10.4 Å². The van der Waals surface area contributed by atoms with Gasteiger partial charge in [0.1, 0.15) is 0 Å². The molecular formula is C14H13FN2O4S. The van der Waals surface area contributed by atoms with Crippen molar-refractivity contribution in [1.82, 2.24) is 10.3 Å². The van der Waals surface area contributed by atoms with Crippen molar-refractivity contribution in [3.63, 3.8) is 0 Å². The maximum atomic E-state index is 13.9. The summed E-state index contributed by atoms with van der Waals surface area (Å²) >= 11 is 0. The van der Waals surface area contributed by atoms with Gasteiger partial charge in [-0.2, -0.15) is 0 Å². The van der Waals surface area contributed by atoms with Gasteiger partial charge in [0, 0.05) is 0 Å². The summed E-state index contributed by atoms with van der Waals surface area (Å²) < 4.78 is 42.5. The Balaban J connectivity index is 2.14. The van der Waals surface area contributed by atoms with Gasteiger partial charge in [-0.05, 0) is 24.3 Å². The second kappa shape index (κ2) is 6.54. The summed E-state index contributed by atoms with van der Waals surface area (Å²) in [5.74, 6) is -1.92. The zero-order valence-corrected chi connectivity index (χ0v) is 12.4. The highest BCUT2D eigenvalue weighted by molar-refractivity contribution is 7.89. The molecule has 0 saturated heterocycles. The lowest BCUT2D eigenvalue weighted by atomic mass is 10.2. The van der Waals surface area contributed by atoms with Gasteiger partial charge >= 0.3 is 0 Å². The van der Waals surface area contributed by atoms with Crippen LogP contribution in [0.4, 0.5) is 4.39 Å². The molecule has 0 unspecified atom stereocenters. The summed E-state index contributed by atoms with van der Waals surface area (Å²) in [6.07, 6.45) is 0. The van der Waals surface area contributed by atoms with Crippen molar-refractivity contribution < 1.29 is 22.3 Å². The van der Waals surface area contributed by atoms with Crippen LogP contribution in [0.2, 0.25) is 0 Å².